The summed E-state index contributed by atoms with van der Waals surface area (Å²) >= 11 is 0. The lowest BCUT2D eigenvalue weighted by atomic mass is 9.72. The van der Waals surface area contributed by atoms with Crippen LogP contribution >= 0.6 is 0 Å². The molecule has 0 aromatic heterocycles. The fraction of sp³-hybridized carbons (Fsp3) is 0.600. The van der Waals surface area contributed by atoms with E-state index in [-0.39, 0.29) is 18.4 Å². The molecule has 3 unspecified atom stereocenters. The van der Waals surface area contributed by atoms with E-state index in [9.17, 15) is 5.11 Å². The van der Waals surface area contributed by atoms with Crippen molar-refractivity contribution in [1.82, 2.24) is 4.90 Å². The number of aliphatic hydroxyl groups is 1. The highest BCUT2D eigenvalue weighted by molar-refractivity contribution is 5.64. The highest BCUT2D eigenvalue weighted by Gasteiger charge is 2.53. The lowest BCUT2D eigenvalue weighted by Gasteiger charge is -2.45. The van der Waals surface area contributed by atoms with Gasteiger partial charge in [-0.15, -0.1) is 0 Å². The van der Waals surface area contributed by atoms with Crippen LogP contribution in [0.15, 0.2) is 17.7 Å². The fourth-order valence-corrected chi connectivity index (χ4v) is 5.37. The lowest BCUT2D eigenvalue weighted by molar-refractivity contribution is -0.0318. The third kappa shape index (κ3) is 2.03. The van der Waals surface area contributed by atoms with Crippen LogP contribution in [-0.4, -0.2) is 56.3 Å². The molecule has 0 radical (unpaired) electrons. The van der Waals surface area contributed by atoms with Crippen molar-refractivity contribution in [3.05, 3.63) is 28.8 Å². The number of fused-ring (bicyclic) bond motifs is 2. The molecule has 1 spiro atoms. The standard InChI is InChI=1S/C20H25NO5/c1-23-17-10-20-12(8-15(17)22)5-7-21(20)6-3-4-13-14(20)9-16-19(18(13)24-2)26-11-25-16/h8-9,15,17,22H,3-7,10-11H2,1-2H3. The number of aliphatic hydroxyl groups excluding tert-OH is 1. The Morgan fingerprint density at radius 3 is 2.92 bits per heavy atom. The first kappa shape index (κ1) is 16.4. The van der Waals surface area contributed by atoms with Gasteiger partial charge in [0.2, 0.25) is 12.5 Å². The number of hydrogen-bond acceptors (Lipinski definition) is 6. The average molecular weight is 359 g/mol. The maximum absolute atomic E-state index is 10.5. The van der Waals surface area contributed by atoms with Crippen LogP contribution in [0, 0.1) is 0 Å². The Hall–Kier alpha value is -1.76. The molecule has 5 rings (SSSR count). The van der Waals surface area contributed by atoms with Crippen LogP contribution in [-0.2, 0) is 16.7 Å². The summed E-state index contributed by atoms with van der Waals surface area (Å²) in [4.78, 5) is 2.56. The Kier molecular flexibility index (Phi) is 3.71. The van der Waals surface area contributed by atoms with Crippen LogP contribution in [0.4, 0.5) is 0 Å². The zero-order valence-corrected chi connectivity index (χ0v) is 15.3. The SMILES string of the molecule is COc1c2c(cc3c1OCO3)C13CC(OC)C(O)C=C1CCN3CCC2. The van der Waals surface area contributed by atoms with Gasteiger partial charge in [-0.25, -0.2) is 0 Å². The molecule has 0 bridgehead atoms. The number of nitrogens with zero attached hydrogens (tertiary/aromatic N) is 1. The first-order chi connectivity index (χ1) is 12.7. The maximum atomic E-state index is 10.5. The summed E-state index contributed by atoms with van der Waals surface area (Å²) in [6, 6.07) is 2.14. The number of hydrogen-bond donors (Lipinski definition) is 1. The van der Waals surface area contributed by atoms with Crippen LogP contribution in [0.3, 0.4) is 0 Å². The lowest BCUT2D eigenvalue weighted by Crippen LogP contribution is -2.49. The van der Waals surface area contributed by atoms with Crippen LogP contribution in [0.5, 0.6) is 17.2 Å². The van der Waals surface area contributed by atoms with Gasteiger partial charge in [-0.3, -0.25) is 4.90 Å². The van der Waals surface area contributed by atoms with Gasteiger partial charge < -0.3 is 24.1 Å². The van der Waals surface area contributed by atoms with E-state index in [0.717, 1.165) is 56.0 Å². The molecule has 0 saturated carbocycles. The van der Waals surface area contributed by atoms with E-state index in [4.69, 9.17) is 18.9 Å². The van der Waals surface area contributed by atoms with Gasteiger partial charge in [0.05, 0.1) is 24.9 Å². The predicted octanol–water partition coefficient (Wildman–Crippen LogP) is 1.98. The minimum absolute atomic E-state index is 0.221. The van der Waals surface area contributed by atoms with Gasteiger partial charge >= 0.3 is 0 Å². The molecular formula is C20H25NO5. The number of methoxy groups -OCH3 is 2. The molecule has 1 aromatic rings. The van der Waals surface area contributed by atoms with E-state index >= 15 is 0 Å². The molecular weight excluding hydrogens is 334 g/mol. The molecule has 0 amide bonds. The number of benzene rings is 1. The van der Waals surface area contributed by atoms with E-state index in [1.807, 2.05) is 6.08 Å². The molecule has 1 N–H and O–H groups in total. The van der Waals surface area contributed by atoms with Crippen LogP contribution in [0.25, 0.3) is 0 Å². The average Bonchev–Trinajstić information content (AvgIpc) is 3.21. The van der Waals surface area contributed by atoms with Gasteiger partial charge in [-0.05, 0) is 43.0 Å². The molecule has 4 aliphatic rings. The molecule has 6 nitrogen and oxygen atoms in total. The van der Waals surface area contributed by atoms with Crippen molar-refractivity contribution in [2.75, 3.05) is 34.1 Å². The zero-order chi connectivity index (χ0) is 17.9. The molecule has 1 aromatic carbocycles. The second-order valence-corrected chi connectivity index (χ2v) is 7.53. The largest absolute Gasteiger partial charge is 0.492 e. The normalized spacial score (nSPS) is 32.3. The Morgan fingerprint density at radius 1 is 1.23 bits per heavy atom. The first-order valence-electron chi connectivity index (χ1n) is 9.36. The quantitative estimate of drug-likeness (QED) is 0.815. The molecule has 26 heavy (non-hydrogen) atoms. The van der Waals surface area contributed by atoms with Gasteiger partial charge in [0.1, 0.15) is 0 Å². The number of ether oxygens (including phenoxy) is 4. The Morgan fingerprint density at radius 2 is 2.12 bits per heavy atom. The number of rotatable bonds is 2. The monoisotopic (exact) mass is 359 g/mol. The van der Waals surface area contributed by atoms with Crippen LogP contribution < -0.4 is 14.2 Å². The van der Waals surface area contributed by atoms with Crippen molar-refractivity contribution in [2.24, 2.45) is 0 Å². The highest BCUT2D eigenvalue weighted by atomic mass is 16.7. The summed E-state index contributed by atoms with van der Waals surface area (Å²) in [7, 11) is 3.38. The molecule has 140 valence electrons. The predicted molar refractivity (Wildman–Crippen MR) is 94.8 cm³/mol. The molecule has 1 fully saturated rings. The minimum Gasteiger partial charge on any atom is -0.492 e. The first-order valence-corrected chi connectivity index (χ1v) is 9.36. The van der Waals surface area contributed by atoms with E-state index in [0.29, 0.717) is 0 Å². The summed E-state index contributed by atoms with van der Waals surface area (Å²) in [5, 5.41) is 10.5. The topological polar surface area (TPSA) is 60.4 Å². The van der Waals surface area contributed by atoms with Crippen LogP contribution in [0.2, 0.25) is 0 Å². The van der Waals surface area contributed by atoms with Gasteiger partial charge in [-0.1, -0.05) is 6.08 Å². The van der Waals surface area contributed by atoms with E-state index in [1.165, 1.54) is 16.7 Å². The molecule has 1 saturated heterocycles. The molecule has 3 aliphatic heterocycles. The smallest absolute Gasteiger partial charge is 0.231 e. The minimum atomic E-state index is -0.553. The molecule has 1 aliphatic carbocycles. The van der Waals surface area contributed by atoms with Crippen molar-refractivity contribution < 1.29 is 24.1 Å². The third-order valence-corrected chi connectivity index (χ3v) is 6.50. The Balaban J connectivity index is 1.77. The maximum Gasteiger partial charge on any atom is 0.231 e. The Bertz CT molecular complexity index is 776. The summed E-state index contributed by atoms with van der Waals surface area (Å²) in [6.07, 6.45) is 4.98. The van der Waals surface area contributed by atoms with E-state index in [2.05, 4.69) is 11.0 Å². The zero-order valence-electron chi connectivity index (χ0n) is 15.3. The second kappa shape index (κ2) is 5.87. The summed E-state index contributed by atoms with van der Waals surface area (Å²) < 4.78 is 22.9. The van der Waals surface area contributed by atoms with Crippen molar-refractivity contribution in [2.45, 2.75) is 43.4 Å². The summed E-state index contributed by atoms with van der Waals surface area (Å²) in [5.41, 5.74) is 3.48. The summed E-state index contributed by atoms with van der Waals surface area (Å²) in [6.45, 7) is 2.26. The van der Waals surface area contributed by atoms with Gasteiger partial charge in [-0.2, -0.15) is 0 Å². The Labute approximate surface area is 153 Å². The summed E-state index contributed by atoms with van der Waals surface area (Å²) in [5.74, 6) is 2.28. The van der Waals surface area contributed by atoms with Crippen molar-refractivity contribution >= 4 is 0 Å². The van der Waals surface area contributed by atoms with E-state index < -0.39 is 6.10 Å². The van der Waals surface area contributed by atoms with Gasteiger partial charge in [0.15, 0.2) is 11.5 Å². The highest BCUT2D eigenvalue weighted by Crippen LogP contribution is 2.56. The van der Waals surface area contributed by atoms with Crippen molar-refractivity contribution in [1.29, 1.82) is 0 Å². The van der Waals surface area contributed by atoms with Gasteiger partial charge in [0.25, 0.3) is 0 Å². The van der Waals surface area contributed by atoms with Crippen molar-refractivity contribution in [3.8, 4) is 17.2 Å². The third-order valence-electron chi connectivity index (χ3n) is 6.50. The van der Waals surface area contributed by atoms with Crippen molar-refractivity contribution in [3.63, 3.8) is 0 Å². The second-order valence-electron chi connectivity index (χ2n) is 7.53. The molecule has 3 heterocycles. The molecule has 3 atom stereocenters. The van der Waals surface area contributed by atoms with E-state index in [1.54, 1.807) is 14.2 Å². The fourth-order valence-electron chi connectivity index (χ4n) is 5.37. The molecule has 6 heteroatoms. The van der Waals surface area contributed by atoms with Crippen LogP contribution in [0.1, 0.15) is 30.4 Å². The van der Waals surface area contributed by atoms with Gasteiger partial charge in [0, 0.05) is 25.6 Å².